The lowest BCUT2D eigenvalue weighted by Crippen LogP contribution is -2.14. The molecule has 0 saturated heterocycles. The van der Waals surface area contributed by atoms with Crippen LogP contribution in [0.25, 0.3) is 0 Å². The van der Waals surface area contributed by atoms with E-state index in [1.807, 2.05) is 30.3 Å². The Hall–Kier alpha value is -2.71. The SMILES string of the molecule is COc1ccc(S(=O)(=O)Nc2nn(Cc3ccccc3)cc2Cl)cc1OC. The molecule has 0 aliphatic rings. The molecule has 1 heterocycles. The number of nitrogens with one attached hydrogen (secondary N) is 1. The maximum atomic E-state index is 12.7. The van der Waals surface area contributed by atoms with Crippen molar-refractivity contribution in [1.82, 2.24) is 9.78 Å². The van der Waals surface area contributed by atoms with Crippen LogP contribution >= 0.6 is 11.6 Å². The normalized spacial score (nSPS) is 11.2. The fourth-order valence-electron chi connectivity index (χ4n) is 2.49. The molecule has 0 unspecified atom stereocenters. The van der Waals surface area contributed by atoms with Crippen LogP contribution in [-0.4, -0.2) is 32.4 Å². The predicted molar refractivity (Wildman–Crippen MR) is 103 cm³/mol. The van der Waals surface area contributed by atoms with Gasteiger partial charge < -0.3 is 9.47 Å². The van der Waals surface area contributed by atoms with E-state index in [1.54, 1.807) is 10.9 Å². The van der Waals surface area contributed by atoms with Gasteiger partial charge in [0.2, 0.25) is 0 Å². The monoisotopic (exact) mass is 407 g/mol. The Labute approximate surface area is 162 Å². The average Bonchev–Trinajstić information content (AvgIpc) is 3.00. The van der Waals surface area contributed by atoms with Gasteiger partial charge in [-0.25, -0.2) is 8.42 Å². The Bertz CT molecular complexity index is 1040. The first-order chi connectivity index (χ1) is 12.9. The van der Waals surface area contributed by atoms with Crippen molar-refractivity contribution < 1.29 is 17.9 Å². The molecular formula is C18H18ClN3O4S. The molecule has 1 aromatic heterocycles. The van der Waals surface area contributed by atoms with Gasteiger partial charge in [0, 0.05) is 12.3 Å². The Kier molecular flexibility index (Phi) is 5.57. The molecule has 0 amide bonds. The van der Waals surface area contributed by atoms with Crippen LogP contribution in [0.3, 0.4) is 0 Å². The van der Waals surface area contributed by atoms with Crippen molar-refractivity contribution in [2.45, 2.75) is 11.4 Å². The van der Waals surface area contributed by atoms with Crippen LogP contribution < -0.4 is 14.2 Å². The van der Waals surface area contributed by atoms with Crippen molar-refractivity contribution in [3.63, 3.8) is 0 Å². The minimum Gasteiger partial charge on any atom is -0.493 e. The van der Waals surface area contributed by atoms with Crippen LogP contribution in [0.4, 0.5) is 5.82 Å². The number of hydrogen-bond donors (Lipinski definition) is 1. The van der Waals surface area contributed by atoms with Crippen LogP contribution in [0.5, 0.6) is 11.5 Å². The highest BCUT2D eigenvalue weighted by molar-refractivity contribution is 7.92. The van der Waals surface area contributed by atoms with E-state index in [-0.39, 0.29) is 15.7 Å². The number of benzene rings is 2. The summed E-state index contributed by atoms with van der Waals surface area (Å²) in [6.07, 6.45) is 1.57. The second-order valence-corrected chi connectivity index (χ2v) is 7.72. The van der Waals surface area contributed by atoms with Crippen molar-refractivity contribution in [2.24, 2.45) is 0 Å². The fraction of sp³-hybridized carbons (Fsp3) is 0.167. The van der Waals surface area contributed by atoms with E-state index in [0.29, 0.717) is 18.0 Å². The van der Waals surface area contributed by atoms with E-state index in [9.17, 15) is 8.42 Å². The first-order valence-corrected chi connectivity index (χ1v) is 9.81. The van der Waals surface area contributed by atoms with E-state index in [4.69, 9.17) is 21.1 Å². The Morgan fingerprint density at radius 3 is 2.44 bits per heavy atom. The van der Waals surface area contributed by atoms with Crippen molar-refractivity contribution in [2.75, 3.05) is 18.9 Å². The Morgan fingerprint density at radius 2 is 1.78 bits per heavy atom. The fourth-order valence-corrected chi connectivity index (χ4v) is 3.77. The molecule has 2 aromatic carbocycles. The number of sulfonamides is 1. The first kappa shape index (κ1) is 19.1. The summed E-state index contributed by atoms with van der Waals surface area (Å²) in [5.74, 6) is 0.796. The van der Waals surface area contributed by atoms with E-state index < -0.39 is 10.0 Å². The van der Waals surface area contributed by atoms with Gasteiger partial charge in [0.25, 0.3) is 10.0 Å². The minimum atomic E-state index is -3.90. The summed E-state index contributed by atoms with van der Waals surface area (Å²) < 4.78 is 39.6. The number of halogens is 1. The topological polar surface area (TPSA) is 82.5 Å². The lowest BCUT2D eigenvalue weighted by Gasteiger charge is -2.10. The lowest BCUT2D eigenvalue weighted by molar-refractivity contribution is 0.354. The molecule has 0 radical (unpaired) electrons. The quantitative estimate of drug-likeness (QED) is 0.649. The molecule has 142 valence electrons. The number of rotatable bonds is 7. The highest BCUT2D eigenvalue weighted by Crippen LogP contribution is 2.31. The molecule has 1 N–H and O–H groups in total. The van der Waals surface area contributed by atoms with Crippen molar-refractivity contribution in [1.29, 1.82) is 0 Å². The van der Waals surface area contributed by atoms with Gasteiger partial charge in [0.15, 0.2) is 17.3 Å². The number of hydrogen-bond acceptors (Lipinski definition) is 5. The molecule has 27 heavy (non-hydrogen) atoms. The van der Waals surface area contributed by atoms with Crippen LogP contribution in [0, 0.1) is 0 Å². The maximum absolute atomic E-state index is 12.7. The zero-order chi connectivity index (χ0) is 19.4. The third kappa shape index (κ3) is 4.35. The number of ether oxygens (including phenoxy) is 2. The van der Waals surface area contributed by atoms with Crippen LogP contribution in [0.2, 0.25) is 5.02 Å². The van der Waals surface area contributed by atoms with Gasteiger partial charge in [-0.1, -0.05) is 41.9 Å². The van der Waals surface area contributed by atoms with E-state index in [1.165, 1.54) is 32.4 Å². The maximum Gasteiger partial charge on any atom is 0.263 e. The lowest BCUT2D eigenvalue weighted by atomic mass is 10.2. The number of aromatic nitrogens is 2. The first-order valence-electron chi connectivity index (χ1n) is 7.94. The van der Waals surface area contributed by atoms with E-state index in [2.05, 4.69) is 9.82 Å². The second kappa shape index (κ2) is 7.89. The molecule has 0 spiro atoms. The Balaban J connectivity index is 1.84. The second-order valence-electron chi connectivity index (χ2n) is 5.63. The molecule has 0 atom stereocenters. The van der Waals surface area contributed by atoms with Crippen LogP contribution in [-0.2, 0) is 16.6 Å². The number of nitrogens with zero attached hydrogens (tertiary/aromatic N) is 2. The molecule has 0 aliphatic carbocycles. The third-order valence-electron chi connectivity index (χ3n) is 3.80. The summed E-state index contributed by atoms with van der Waals surface area (Å²) in [7, 11) is -0.989. The van der Waals surface area contributed by atoms with Crippen molar-refractivity contribution in [3.8, 4) is 11.5 Å². The standard InChI is InChI=1S/C18H18ClN3O4S/c1-25-16-9-8-14(10-17(16)26-2)27(23,24)21-18-15(19)12-22(20-18)11-13-6-4-3-5-7-13/h3-10,12H,11H2,1-2H3,(H,20,21). The highest BCUT2D eigenvalue weighted by Gasteiger charge is 2.20. The predicted octanol–water partition coefficient (Wildman–Crippen LogP) is 3.40. The molecule has 0 bridgehead atoms. The largest absolute Gasteiger partial charge is 0.493 e. The molecule has 3 rings (SSSR count). The summed E-state index contributed by atoms with van der Waals surface area (Å²) >= 11 is 6.16. The summed E-state index contributed by atoms with van der Waals surface area (Å²) in [5, 5.41) is 4.43. The summed E-state index contributed by atoms with van der Waals surface area (Å²) in [5.41, 5.74) is 1.02. The smallest absolute Gasteiger partial charge is 0.263 e. The highest BCUT2D eigenvalue weighted by atomic mass is 35.5. The van der Waals surface area contributed by atoms with Crippen molar-refractivity contribution >= 4 is 27.4 Å². The zero-order valence-electron chi connectivity index (χ0n) is 14.7. The zero-order valence-corrected chi connectivity index (χ0v) is 16.3. The molecular weight excluding hydrogens is 390 g/mol. The van der Waals surface area contributed by atoms with Gasteiger partial charge in [-0.15, -0.1) is 0 Å². The molecule has 0 saturated carbocycles. The molecule has 7 nitrogen and oxygen atoms in total. The van der Waals surface area contributed by atoms with E-state index in [0.717, 1.165) is 5.56 Å². The van der Waals surface area contributed by atoms with Crippen LogP contribution in [0.1, 0.15) is 5.56 Å². The van der Waals surface area contributed by atoms with Gasteiger partial charge in [-0.3, -0.25) is 9.40 Å². The van der Waals surface area contributed by atoms with Crippen molar-refractivity contribution in [3.05, 3.63) is 65.3 Å². The summed E-state index contributed by atoms with van der Waals surface area (Å²) in [6, 6.07) is 14.0. The van der Waals surface area contributed by atoms with E-state index >= 15 is 0 Å². The average molecular weight is 408 g/mol. The molecule has 9 heteroatoms. The number of anilines is 1. The van der Waals surface area contributed by atoms with Gasteiger partial charge in [-0.05, 0) is 17.7 Å². The Morgan fingerprint density at radius 1 is 1.07 bits per heavy atom. The van der Waals surface area contributed by atoms with Gasteiger partial charge in [-0.2, -0.15) is 5.10 Å². The summed E-state index contributed by atoms with van der Waals surface area (Å²) in [6.45, 7) is 0.471. The number of methoxy groups -OCH3 is 2. The summed E-state index contributed by atoms with van der Waals surface area (Å²) in [4.78, 5) is 0.00817. The molecule has 3 aromatic rings. The molecule has 0 aliphatic heterocycles. The van der Waals surface area contributed by atoms with Gasteiger partial charge >= 0.3 is 0 Å². The van der Waals surface area contributed by atoms with Gasteiger partial charge in [0.1, 0.15) is 5.02 Å². The third-order valence-corrected chi connectivity index (χ3v) is 5.41. The molecule has 0 fully saturated rings. The minimum absolute atomic E-state index is 0.00817. The van der Waals surface area contributed by atoms with Crippen LogP contribution in [0.15, 0.2) is 59.6 Å². The van der Waals surface area contributed by atoms with Gasteiger partial charge in [0.05, 0.1) is 25.7 Å².